The van der Waals surface area contributed by atoms with E-state index in [0.717, 1.165) is 47.7 Å². The molecule has 36 heteroatoms. The molecule has 8 aliphatic rings. The van der Waals surface area contributed by atoms with Crippen LogP contribution < -0.4 is 64.2 Å². The van der Waals surface area contributed by atoms with Gasteiger partial charge in [-0.05, 0) is 134 Å². The number of fused-ring (bicyclic) bond motifs is 16. The number of aliphatic carboxylic acids is 1. The lowest BCUT2D eigenvalue weighted by Crippen LogP contribution is -2.45. The van der Waals surface area contributed by atoms with Gasteiger partial charge in [0, 0.05) is 123 Å². The molecule has 0 radical (unpaired) electrons. The second kappa shape index (κ2) is 35.0. The second-order valence-electron chi connectivity index (χ2n) is 26.0. The number of rotatable bonds is 19. The normalized spacial score (nSPS) is 15.0. The van der Waals surface area contributed by atoms with Crippen molar-refractivity contribution in [3.8, 4) is 80.0 Å². The van der Waals surface area contributed by atoms with Gasteiger partial charge in [-0.3, -0.25) is 68.9 Å². The van der Waals surface area contributed by atoms with Gasteiger partial charge in [-0.1, -0.05) is 59.9 Å². The van der Waals surface area contributed by atoms with Crippen LogP contribution in [-0.4, -0.2) is 139 Å². The highest BCUT2D eigenvalue weighted by Gasteiger charge is 2.46. The number of nitro groups is 3. The third kappa shape index (κ3) is 16.0. The van der Waals surface area contributed by atoms with Crippen LogP contribution in [0.5, 0.6) is 57.5 Å². The topological polar surface area (TPSA) is 413 Å². The Morgan fingerprint density at radius 3 is 1.35 bits per heavy atom. The zero-order chi connectivity index (χ0) is 80.2. The van der Waals surface area contributed by atoms with E-state index in [1.807, 2.05) is 24.4 Å². The summed E-state index contributed by atoms with van der Waals surface area (Å²) >= 11 is 10.1. The molecule has 0 fully saturated rings. The Bertz CT molecular complexity index is 5620. The minimum Gasteiger partial charge on any atom is -0.481 e. The van der Waals surface area contributed by atoms with Crippen molar-refractivity contribution in [3.05, 3.63) is 235 Å². The van der Waals surface area contributed by atoms with Gasteiger partial charge in [-0.2, -0.15) is 0 Å². The van der Waals surface area contributed by atoms with Gasteiger partial charge in [0.1, 0.15) is 12.2 Å². The predicted molar refractivity (Wildman–Crippen MR) is 429 cm³/mol. The van der Waals surface area contributed by atoms with E-state index in [0.29, 0.717) is 162 Å². The Kier molecular flexibility index (Phi) is 24.6. The number of carboxylic acid groups (broad SMARTS) is 1. The number of hydrogen-bond acceptors (Lipinski definition) is 25. The number of amides is 1. The zero-order valence-electron chi connectivity index (χ0n) is 60.1. The van der Waals surface area contributed by atoms with Gasteiger partial charge in [0.15, 0.2) is 69.1 Å². The highest BCUT2D eigenvalue weighted by molar-refractivity contribution is 9.09. The number of halogens is 4. The fourth-order valence-corrected chi connectivity index (χ4v) is 14.9. The first kappa shape index (κ1) is 80.7. The molecule has 6 aliphatic heterocycles. The van der Waals surface area contributed by atoms with E-state index in [4.69, 9.17) is 53.1 Å². The fourth-order valence-electron chi connectivity index (χ4n) is 14.2. The van der Waals surface area contributed by atoms with Gasteiger partial charge in [0.05, 0.1) is 59.7 Å². The maximum Gasteiger partial charge on any atom is 0.313 e. The molecule has 3 N–H and O–H groups in total. The second-order valence-corrected chi connectivity index (χ2v) is 28.4. The number of ketones is 2. The summed E-state index contributed by atoms with van der Waals surface area (Å²) in [5.41, 5.74) is 10.6. The Hall–Kier alpha value is -12.3. The molecule has 1 amide bonds. The van der Waals surface area contributed by atoms with E-state index < -0.39 is 44.2 Å². The third-order valence-electron chi connectivity index (χ3n) is 19.4. The van der Waals surface area contributed by atoms with E-state index >= 15 is 0 Å². The van der Waals surface area contributed by atoms with E-state index in [9.17, 15) is 69.0 Å². The number of carbonyl (C=O) groups excluding carboxylic acids is 4. The summed E-state index contributed by atoms with van der Waals surface area (Å²) in [5.74, 6) is 2.85. The molecule has 0 spiro atoms. The van der Waals surface area contributed by atoms with E-state index in [2.05, 4.69) is 52.8 Å². The highest BCUT2D eigenvalue weighted by Crippen LogP contribution is 2.50. The summed E-state index contributed by atoms with van der Waals surface area (Å²) in [6.07, 6.45) is 5.46. The van der Waals surface area contributed by atoms with E-state index in [-0.39, 0.29) is 109 Å². The maximum atomic E-state index is 13.3. The van der Waals surface area contributed by atoms with Crippen molar-refractivity contribution in [3.63, 3.8) is 0 Å². The lowest BCUT2D eigenvalue weighted by molar-refractivity contribution is -0.385. The first-order chi connectivity index (χ1) is 55.2. The molecule has 8 aromatic carbocycles. The number of nitrogens with two attached hydrogens (primary N) is 1. The van der Waals surface area contributed by atoms with Gasteiger partial charge < -0.3 is 72.2 Å². The molecule has 32 nitrogen and oxygen atoms in total. The van der Waals surface area contributed by atoms with E-state index in [1.54, 1.807) is 60.7 Å². The molecule has 0 saturated heterocycles. The summed E-state index contributed by atoms with van der Waals surface area (Å²) in [6.45, 7) is 2.94. The number of ether oxygens (including phenoxy) is 10. The maximum absolute atomic E-state index is 13.3. The van der Waals surface area contributed by atoms with Crippen LogP contribution in [0.2, 0.25) is 0 Å². The zero-order valence-corrected chi connectivity index (χ0v) is 65.7. The summed E-state index contributed by atoms with van der Waals surface area (Å²) in [6, 6.07) is 33.7. The first-order valence-corrected chi connectivity index (χ1v) is 38.6. The van der Waals surface area contributed by atoms with Gasteiger partial charge in [-0.25, -0.2) is 0 Å². The number of non-ortho nitro benzene ring substituents is 3. The molecule has 10 aromatic rings. The smallest absolute Gasteiger partial charge is 0.313 e. The van der Waals surface area contributed by atoms with Crippen molar-refractivity contribution < 1.29 is 91.2 Å². The molecule has 592 valence electrons. The number of aromatic nitrogens is 2. The number of aldehydes is 1. The highest BCUT2D eigenvalue weighted by atomic mass is 79.9. The number of benzene rings is 8. The van der Waals surface area contributed by atoms with Crippen molar-refractivity contribution in [1.82, 2.24) is 14.0 Å². The number of nitro benzene ring substituents is 3. The number of aliphatic imine (C=N–C) groups is 1. The van der Waals surface area contributed by atoms with Crippen molar-refractivity contribution >= 4 is 135 Å². The predicted octanol–water partition coefficient (Wildman–Crippen LogP) is 13.6. The van der Waals surface area contributed by atoms with Crippen LogP contribution in [0.15, 0.2) is 148 Å². The van der Waals surface area contributed by atoms with Crippen LogP contribution in [0.1, 0.15) is 107 Å². The molecule has 0 saturated carbocycles. The van der Waals surface area contributed by atoms with Gasteiger partial charge >= 0.3 is 5.97 Å². The van der Waals surface area contributed by atoms with Crippen LogP contribution >= 0.6 is 60.2 Å². The molecule has 2 atom stereocenters. The summed E-state index contributed by atoms with van der Waals surface area (Å²) < 4.78 is 56.1. The molecule has 2 aliphatic carbocycles. The van der Waals surface area contributed by atoms with Crippen LogP contribution in [0.25, 0.3) is 44.1 Å². The Balaban J connectivity index is 0.000000130. The van der Waals surface area contributed by atoms with Crippen molar-refractivity contribution in [1.29, 1.82) is 0 Å². The average molecular weight is 1780 g/mol. The van der Waals surface area contributed by atoms with E-state index in [1.165, 1.54) is 62.6 Å². The number of carbonyl (C=O) groups is 5. The number of alkyl halides is 3. The SMILES string of the molecule is BrCCCN=Cc1ccc2c(c1)OCO2.Cl.NCCCn1c2c(c3ccc([N+](=O)[O-])cc3c1=O)C(=O)c1cc3c(cc1-2)OCO3.O=C(O)[C@@H]1c2ccc([N+](=O)[O-])cc2C(=O)N(CCCBr)[C@@H]1c1ccc2c(c1)OCO2.O=C1c2cc3c(cc2-c2c1c1ccc([N+](=O)[O-])cc1c(=O)n2CCCBr)OCO3.O=Cc1ccc2c(c1)OCO2. The van der Waals surface area contributed by atoms with Crippen LogP contribution in [0.4, 0.5) is 17.1 Å². The molecule has 18 rings (SSSR count). The lowest BCUT2D eigenvalue weighted by Gasteiger charge is -2.40. The van der Waals surface area contributed by atoms with Crippen molar-refractivity contribution in [2.24, 2.45) is 10.7 Å². The van der Waals surface area contributed by atoms with Crippen molar-refractivity contribution in [2.45, 2.75) is 50.7 Å². The molecule has 2 aromatic heterocycles. The number of hydrogen-bond donors (Lipinski definition) is 2. The largest absolute Gasteiger partial charge is 0.481 e. The summed E-state index contributed by atoms with van der Waals surface area (Å²) in [7, 11) is 0. The van der Waals surface area contributed by atoms with Gasteiger partial charge in [-0.15, -0.1) is 12.4 Å². The standard InChI is InChI=1S/C20H17BrN2O7.C20H13BrN2O6.C20H15N3O6.C11H12BrNO2.C8H6O3.ClH/c21-6-1-7-22-18(11-2-5-15-16(8-11)30-10-29-15)17(20(25)26)13-4-3-12(23(27)28)9-14(13)19(22)24;2*21-4-1-5-22-18-12-7-15-16(29-9-28-15)8-13(12)19(24)17(18)11-3-2-10(23(26)27)6-14(11)20(22)25;12-4-1-5-13-7-9-2-3-10-11(6-9)15-8-14-10;9-4-6-1-2-7-8(3-6)11-5-10-7;/h2-5,8-9,17-18H,1,6-7,10H2,(H,25,26);2-3,6-8H,1,4-5,9H2;2-3,6-8H,1,4-5,9,21H2;2-3,6-7H,1,4-5,8H2;1-4H,5H2;1H/t17-,18-;;;;;/m1...../s1. The Morgan fingerprint density at radius 2 is 0.887 bits per heavy atom. The van der Waals surface area contributed by atoms with Gasteiger partial charge in [0.25, 0.3) is 34.1 Å². The van der Waals surface area contributed by atoms with Crippen LogP contribution in [-0.2, 0) is 17.9 Å². The Labute approximate surface area is 681 Å². The third-order valence-corrected chi connectivity index (χ3v) is 21.0. The quantitative estimate of drug-likeness (QED) is 0.0190. The molecule has 0 unspecified atom stereocenters. The first-order valence-electron chi connectivity index (χ1n) is 35.3. The lowest BCUT2D eigenvalue weighted by atomic mass is 9.79. The molecule has 115 heavy (non-hydrogen) atoms. The average Bonchev–Trinajstić information content (AvgIpc) is 1.58. The van der Waals surface area contributed by atoms with Gasteiger partial charge in [0.2, 0.25) is 34.0 Å². The molecular formula is C79H64Br3ClN8O24. The Morgan fingerprint density at radius 1 is 0.478 bits per heavy atom. The number of nitrogens with zero attached hydrogens (tertiary/aromatic N) is 7. The molecule has 0 bridgehead atoms. The minimum atomic E-state index is -1.12. The van der Waals surface area contributed by atoms with Crippen LogP contribution in [0.3, 0.4) is 0 Å². The molecular weight excluding hydrogens is 1720 g/mol. The molecule has 8 heterocycles. The summed E-state index contributed by atoms with van der Waals surface area (Å²) in [5, 5.41) is 47.0. The monoisotopic (exact) mass is 1780 g/mol. The van der Waals surface area contributed by atoms with Crippen LogP contribution in [0, 0.1) is 30.3 Å². The fraction of sp³-hybridized carbons (Fsp3) is 0.241. The minimum absolute atomic E-state index is 0. The number of carboxylic acids is 1. The van der Waals surface area contributed by atoms with Crippen molar-refractivity contribution in [2.75, 3.05) is 69.6 Å². The summed E-state index contributed by atoms with van der Waals surface area (Å²) in [4.78, 5) is 127. The number of pyridine rings is 2.